The molecule has 9 heteroatoms. The van der Waals surface area contributed by atoms with E-state index in [1.54, 1.807) is 0 Å². The topological polar surface area (TPSA) is 148 Å². The number of aliphatic carboxylic acids is 1. The Bertz CT molecular complexity index is 376. The summed E-state index contributed by atoms with van der Waals surface area (Å²) in [5.41, 5.74) is -0.555. The van der Waals surface area contributed by atoms with E-state index in [0.29, 0.717) is 0 Å². The van der Waals surface area contributed by atoms with Crippen molar-refractivity contribution in [3.8, 4) is 0 Å². The molecule has 1 rings (SSSR count). The van der Waals surface area contributed by atoms with Gasteiger partial charge in [0.1, 0.15) is 12.1 Å². The van der Waals surface area contributed by atoms with Crippen LogP contribution < -0.4 is 16.0 Å². The first-order valence-electron chi connectivity index (χ1n) is 4.10. The van der Waals surface area contributed by atoms with Crippen molar-refractivity contribution in [2.75, 3.05) is 6.54 Å². The molecule has 0 aromatic rings. The molecule has 0 spiro atoms. The van der Waals surface area contributed by atoms with Crippen LogP contribution in [0, 0.1) is 0 Å². The second-order valence-corrected chi connectivity index (χ2v) is 2.84. The standard InChI is InChI=1S/C7H9N3O6/c11-2(12)1-8-4(13)3-5(14)9-7(16)10-6(3)15/h5,14-15H,1H2,(H,8,13)(H,11,12)(H2,9,10,16). The van der Waals surface area contributed by atoms with Crippen molar-refractivity contribution in [1.82, 2.24) is 16.0 Å². The first-order valence-corrected chi connectivity index (χ1v) is 4.10. The maximum atomic E-state index is 11.3. The van der Waals surface area contributed by atoms with Gasteiger partial charge in [-0.3, -0.25) is 14.9 Å². The Hall–Kier alpha value is -2.29. The molecule has 88 valence electrons. The summed E-state index contributed by atoms with van der Waals surface area (Å²) < 4.78 is 0. The molecule has 0 radical (unpaired) electrons. The fraction of sp³-hybridized carbons (Fsp3) is 0.286. The van der Waals surface area contributed by atoms with Gasteiger partial charge in [-0.25, -0.2) is 4.79 Å². The van der Waals surface area contributed by atoms with Gasteiger partial charge in [-0.05, 0) is 0 Å². The molecule has 0 saturated carbocycles. The van der Waals surface area contributed by atoms with E-state index in [4.69, 9.17) is 5.11 Å². The predicted octanol–water partition coefficient (Wildman–Crippen LogP) is -2.41. The van der Waals surface area contributed by atoms with Crippen molar-refractivity contribution in [2.45, 2.75) is 6.23 Å². The van der Waals surface area contributed by atoms with E-state index in [1.807, 2.05) is 16.0 Å². The minimum Gasteiger partial charge on any atom is -0.494 e. The summed E-state index contributed by atoms with van der Waals surface area (Å²) in [6.07, 6.45) is -1.69. The Morgan fingerprint density at radius 2 is 2.06 bits per heavy atom. The highest BCUT2D eigenvalue weighted by Gasteiger charge is 2.30. The molecule has 1 atom stereocenters. The molecule has 1 aliphatic heterocycles. The van der Waals surface area contributed by atoms with Crippen molar-refractivity contribution in [3.05, 3.63) is 11.5 Å². The lowest BCUT2D eigenvalue weighted by molar-refractivity contribution is -0.137. The van der Waals surface area contributed by atoms with Gasteiger partial charge in [-0.2, -0.15) is 0 Å². The number of nitrogens with one attached hydrogen (secondary N) is 3. The number of urea groups is 1. The summed E-state index contributed by atoms with van der Waals surface area (Å²) in [6, 6.07) is -0.875. The maximum absolute atomic E-state index is 11.3. The number of amides is 3. The summed E-state index contributed by atoms with van der Waals surface area (Å²) in [6.45, 7) is -0.670. The molecule has 0 fully saturated rings. The van der Waals surface area contributed by atoms with Gasteiger partial charge in [0.15, 0.2) is 6.23 Å². The van der Waals surface area contributed by atoms with Gasteiger partial charge < -0.3 is 26.0 Å². The number of hydrogen-bond donors (Lipinski definition) is 6. The van der Waals surface area contributed by atoms with Crippen LogP contribution in [0.15, 0.2) is 11.5 Å². The minimum atomic E-state index is -1.69. The molecule has 6 N–H and O–H groups in total. The van der Waals surface area contributed by atoms with Crippen LogP contribution >= 0.6 is 0 Å². The van der Waals surface area contributed by atoms with E-state index in [1.165, 1.54) is 0 Å². The highest BCUT2D eigenvalue weighted by Crippen LogP contribution is 2.08. The summed E-state index contributed by atoms with van der Waals surface area (Å²) in [4.78, 5) is 32.2. The average Bonchev–Trinajstić information content (AvgIpc) is 2.12. The Morgan fingerprint density at radius 3 is 2.56 bits per heavy atom. The third-order valence-corrected chi connectivity index (χ3v) is 1.67. The van der Waals surface area contributed by atoms with Crippen LogP contribution in [0.2, 0.25) is 0 Å². The molecule has 1 aliphatic rings. The van der Waals surface area contributed by atoms with Crippen molar-refractivity contribution in [2.24, 2.45) is 0 Å². The van der Waals surface area contributed by atoms with Gasteiger partial charge >= 0.3 is 12.0 Å². The van der Waals surface area contributed by atoms with Crippen molar-refractivity contribution >= 4 is 17.9 Å². The highest BCUT2D eigenvalue weighted by atomic mass is 16.4. The predicted molar refractivity (Wildman–Crippen MR) is 48.0 cm³/mol. The van der Waals surface area contributed by atoms with Crippen molar-refractivity contribution in [1.29, 1.82) is 0 Å². The second kappa shape index (κ2) is 4.49. The molecular weight excluding hydrogens is 222 g/mol. The number of carboxylic acid groups (broad SMARTS) is 1. The Balaban J connectivity index is 2.77. The largest absolute Gasteiger partial charge is 0.494 e. The molecule has 0 saturated heterocycles. The molecular formula is C7H9N3O6. The minimum absolute atomic E-state index is 0.555. The number of carbonyl (C=O) groups is 3. The van der Waals surface area contributed by atoms with Crippen LogP contribution in [0.25, 0.3) is 0 Å². The fourth-order valence-corrected chi connectivity index (χ4v) is 1.02. The van der Waals surface area contributed by atoms with Gasteiger partial charge in [0.25, 0.3) is 5.91 Å². The van der Waals surface area contributed by atoms with Gasteiger partial charge in [-0.1, -0.05) is 0 Å². The molecule has 1 heterocycles. The zero-order valence-corrected chi connectivity index (χ0v) is 7.85. The first kappa shape index (κ1) is 11.8. The molecule has 3 amide bonds. The van der Waals surface area contributed by atoms with E-state index in [-0.39, 0.29) is 0 Å². The summed E-state index contributed by atoms with van der Waals surface area (Å²) in [7, 11) is 0. The van der Waals surface area contributed by atoms with Gasteiger partial charge in [0, 0.05) is 0 Å². The fourth-order valence-electron chi connectivity index (χ4n) is 1.02. The molecule has 0 bridgehead atoms. The molecule has 16 heavy (non-hydrogen) atoms. The third-order valence-electron chi connectivity index (χ3n) is 1.67. The third kappa shape index (κ3) is 2.60. The maximum Gasteiger partial charge on any atom is 0.323 e. The Morgan fingerprint density at radius 1 is 1.44 bits per heavy atom. The Labute approximate surface area is 88.8 Å². The summed E-state index contributed by atoms with van der Waals surface area (Å²) >= 11 is 0. The van der Waals surface area contributed by atoms with E-state index >= 15 is 0 Å². The van der Waals surface area contributed by atoms with Gasteiger partial charge in [0.05, 0.1) is 0 Å². The zero-order valence-electron chi connectivity index (χ0n) is 7.85. The molecule has 0 aliphatic carbocycles. The Kier molecular flexibility index (Phi) is 3.30. The van der Waals surface area contributed by atoms with E-state index in [9.17, 15) is 24.6 Å². The zero-order chi connectivity index (χ0) is 12.3. The quantitative estimate of drug-likeness (QED) is 0.318. The van der Waals surface area contributed by atoms with Crippen LogP contribution in [0.3, 0.4) is 0 Å². The van der Waals surface area contributed by atoms with Crippen LogP contribution in [-0.2, 0) is 9.59 Å². The number of aliphatic hydroxyl groups is 2. The number of hydrogen-bond acceptors (Lipinski definition) is 5. The molecule has 9 nitrogen and oxygen atoms in total. The smallest absolute Gasteiger partial charge is 0.323 e. The normalized spacial score (nSPS) is 19.8. The number of aliphatic hydroxyl groups excluding tert-OH is 2. The molecule has 0 aromatic carbocycles. The van der Waals surface area contributed by atoms with E-state index < -0.39 is 42.1 Å². The lowest BCUT2D eigenvalue weighted by atomic mass is 10.2. The van der Waals surface area contributed by atoms with Crippen LogP contribution in [0.4, 0.5) is 4.79 Å². The number of carbonyl (C=O) groups excluding carboxylic acids is 2. The second-order valence-electron chi connectivity index (χ2n) is 2.84. The van der Waals surface area contributed by atoms with Crippen LogP contribution in [0.1, 0.15) is 0 Å². The van der Waals surface area contributed by atoms with Crippen molar-refractivity contribution < 1.29 is 29.7 Å². The van der Waals surface area contributed by atoms with Gasteiger partial charge in [0.2, 0.25) is 5.88 Å². The van der Waals surface area contributed by atoms with E-state index in [0.717, 1.165) is 0 Å². The first-order chi connectivity index (χ1) is 7.41. The number of rotatable bonds is 3. The summed E-state index contributed by atoms with van der Waals surface area (Å²) in [5.74, 6) is -3.10. The van der Waals surface area contributed by atoms with E-state index in [2.05, 4.69) is 0 Å². The lowest BCUT2D eigenvalue weighted by Crippen LogP contribution is -2.52. The monoisotopic (exact) mass is 231 g/mol. The van der Waals surface area contributed by atoms with Crippen molar-refractivity contribution in [3.63, 3.8) is 0 Å². The SMILES string of the molecule is O=C(O)CNC(=O)C1=C(O)NC(=O)NC1O. The average molecular weight is 231 g/mol. The molecule has 1 unspecified atom stereocenters. The summed E-state index contributed by atoms with van der Waals surface area (Å²) in [5, 5.41) is 32.4. The lowest BCUT2D eigenvalue weighted by Gasteiger charge is -2.22. The number of carboxylic acids is 1. The highest BCUT2D eigenvalue weighted by molar-refractivity contribution is 5.98. The molecule has 0 aromatic heterocycles. The van der Waals surface area contributed by atoms with Gasteiger partial charge in [-0.15, -0.1) is 0 Å². The van der Waals surface area contributed by atoms with Crippen LogP contribution in [0.5, 0.6) is 0 Å². The van der Waals surface area contributed by atoms with Crippen LogP contribution in [-0.4, -0.2) is 46.0 Å².